The standard InChI is InChI=1S/C15H14FN3O2/c16-12-6-1-2-7-13(12)19-15(21)9-14(20)18-10-11-5-3-4-8-17-11/h1-8H,9-10H2,(H,18,20)(H,19,21). The van der Waals surface area contributed by atoms with Crippen LogP contribution in [0.4, 0.5) is 10.1 Å². The molecule has 6 heteroatoms. The third-order valence-electron chi connectivity index (χ3n) is 2.66. The predicted octanol–water partition coefficient (Wildman–Crippen LogP) is 1.87. The monoisotopic (exact) mass is 287 g/mol. The van der Waals surface area contributed by atoms with Crippen LogP contribution in [0.5, 0.6) is 0 Å². The summed E-state index contributed by atoms with van der Waals surface area (Å²) in [5.41, 5.74) is 0.750. The average Bonchev–Trinajstić information content (AvgIpc) is 2.48. The van der Waals surface area contributed by atoms with E-state index in [0.717, 1.165) is 0 Å². The topological polar surface area (TPSA) is 71.1 Å². The van der Waals surface area contributed by atoms with Crippen molar-refractivity contribution in [2.75, 3.05) is 5.32 Å². The second-order valence-electron chi connectivity index (χ2n) is 4.30. The number of halogens is 1. The summed E-state index contributed by atoms with van der Waals surface area (Å²) in [7, 11) is 0. The van der Waals surface area contributed by atoms with Gasteiger partial charge in [-0.25, -0.2) is 4.39 Å². The highest BCUT2D eigenvalue weighted by Crippen LogP contribution is 2.12. The van der Waals surface area contributed by atoms with Crippen LogP contribution in [0, 0.1) is 5.82 Å². The van der Waals surface area contributed by atoms with Gasteiger partial charge in [-0.1, -0.05) is 18.2 Å². The van der Waals surface area contributed by atoms with Crippen LogP contribution in [0.1, 0.15) is 12.1 Å². The number of rotatable bonds is 5. The number of carbonyl (C=O) groups is 2. The molecule has 0 aliphatic carbocycles. The summed E-state index contributed by atoms with van der Waals surface area (Å²) in [5, 5.41) is 4.92. The first-order valence-electron chi connectivity index (χ1n) is 6.36. The Morgan fingerprint density at radius 3 is 2.52 bits per heavy atom. The van der Waals surface area contributed by atoms with E-state index in [9.17, 15) is 14.0 Å². The van der Waals surface area contributed by atoms with E-state index in [1.165, 1.54) is 18.2 Å². The van der Waals surface area contributed by atoms with Crippen LogP contribution in [0.25, 0.3) is 0 Å². The molecule has 0 aliphatic rings. The van der Waals surface area contributed by atoms with E-state index in [1.807, 2.05) is 0 Å². The van der Waals surface area contributed by atoms with E-state index < -0.39 is 17.6 Å². The molecule has 2 aromatic rings. The molecule has 1 heterocycles. The van der Waals surface area contributed by atoms with E-state index in [0.29, 0.717) is 5.69 Å². The number of nitrogens with zero attached hydrogens (tertiary/aromatic N) is 1. The minimum atomic E-state index is -0.571. The fraction of sp³-hybridized carbons (Fsp3) is 0.133. The lowest BCUT2D eigenvalue weighted by atomic mass is 10.3. The number of benzene rings is 1. The first-order valence-corrected chi connectivity index (χ1v) is 6.36. The van der Waals surface area contributed by atoms with Crippen molar-refractivity contribution in [1.82, 2.24) is 10.3 Å². The first kappa shape index (κ1) is 14.6. The number of pyridine rings is 1. The molecule has 0 unspecified atom stereocenters. The molecule has 0 aliphatic heterocycles. The maximum Gasteiger partial charge on any atom is 0.233 e. The van der Waals surface area contributed by atoms with Gasteiger partial charge in [0.2, 0.25) is 11.8 Å². The Labute approximate surface area is 121 Å². The zero-order valence-corrected chi connectivity index (χ0v) is 11.2. The number of para-hydroxylation sites is 1. The van der Waals surface area contributed by atoms with E-state index in [4.69, 9.17) is 0 Å². The average molecular weight is 287 g/mol. The van der Waals surface area contributed by atoms with Gasteiger partial charge in [0, 0.05) is 6.20 Å². The highest BCUT2D eigenvalue weighted by atomic mass is 19.1. The summed E-state index contributed by atoms with van der Waals surface area (Å²) < 4.78 is 13.3. The molecule has 0 atom stereocenters. The molecule has 5 nitrogen and oxygen atoms in total. The summed E-state index contributed by atoms with van der Waals surface area (Å²) in [5.74, 6) is -1.56. The maximum atomic E-state index is 13.3. The van der Waals surface area contributed by atoms with Gasteiger partial charge in [-0.3, -0.25) is 14.6 Å². The normalized spacial score (nSPS) is 9.95. The molecule has 0 fully saturated rings. The van der Waals surface area contributed by atoms with Crippen molar-refractivity contribution >= 4 is 17.5 Å². The van der Waals surface area contributed by atoms with Crippen molar-refractivity contribution in [3.05, 3.63) is 60.2 Å². The lowest BCUT2D eigenvalue weighted by Gasteiger charge is -2.07. The van der Waals surface area contributed by atoms with Gasteiger partial charge < -0.3 is 10.6 Å². The highest BCUT2D eigenvalue weighted by Gasteiger charge is 2.11. The number of nitrogens with one attached hydrogen (secondary N) is 2. The van der Waals surface area contributed by atoms with Gasteiger partial charge in [0.25, 0.3) is 0 Å². The van der Waals surface area contributed by atoms with Crippen molar-refractivity contribution in [3.63, 3.8) is 0 Å². The largest absolute Gasteiger partial charge is 0.350 e. The minimum absolute atomic E-state index is 0.0556. The van der Waals surface area contributed by atoms with Gasteiger partial charge in [-0.2, -0.15) is 0 Å². The van der Waals surface area contributed by atoms with Crippen LogP contribution in [0.15, 0.2) is 48.7 Å². The van der Waals surface area contributed by atoms with Crippen LogP contribution in [-0.4, -0.2) is 16.8 Å². The third-order valence-corrected chi connectivity index (χ3v) is 2.66. The number of anilines is 1. The van der Waals surface area contributed by atoms with Gasteiger partial charge in [-0.05, 0) is 24.3 Å². The zero-order chi connectivity index (χ0) is 15.1. The van der Waals surface area contributed by atoms with E-state index >= 15 is 0 Å². The van der Waals surface area contributed by atoms with Crippen LogP contribution in [0.3, 0.4) is 0 Å². The van der Waals surface area contributed by atoms with Gasteiger partial charge in [0.15, 0.2) is 0 Å². The smallest absolute Gasteiger partial charge is 0.233 e. The number of hydrogen-bond donors (Lipinski definition) is 2. The van der Waals surface area contributed by atoms with Crippen molar-refractivity contribution in [3.8, 4) is 0 Å². The van der Waals surface area contributed by atoms with Gasteiger partial charge in [0.1, 0.15) is 12.2 Å². The molecule has 1 aromatic carbocycles. The molecule has 0 saturated carbocycles. The van der Waals surface area contributed by atoms with Gasteiger partial charge >= 0.3 is 0 Å². The molecule has 0 radical (unpaired) electrons. The predicted molar refractivity (Wildman–Crippen MR) is 75.7 cm³/mol. The van der Waals surface area contributed by atoms with Crippen molar-refractivity contribution in [2.45, 2.75) is 13.0 Å². The molecule has 0 saturated heterocycles. The Kier molecular flexibility index (Phi) is 4.98. The molecule has 2 amide bonds. The molecule has 21 heavy (non-hydrogen) atoms. The van der Waals surface area contributed by atoms with Crippen LogP contribution >= 0.6 is 0 Å². The summed E-state index contributed by atoms with van der Waals surface area (Å²) in [4.78, 5) is 27.3. The van der Waals surface area contributed by atoms with E-state index in [2.05, 4.69) is 15.6 Å². The van der Waals surface area contributed by atoms with Crippen molar-refractivity contribution in [1.29, 1.82) is 0 Å². The van der Waals surface area contributed by atoms with Gasteiger partial charge in [-0.15, -0.1) is 0 Å². The van der Waals surface area contributed by atoms with E-state index in [1.54, 1.807) is 30.5 Å². The maximum absolute atomic E-state index is 13.3. The van der Waals surface area contributed by atoms with E-state index in [-0.39, 0.29) is 18.7 Å². The molecular formula is C15H14FN3O2. The molecule has 1 aromatic heterocycles. The molecule has 2 N–H and O–H groups in total. The quantitative estimate of drug-likeness (QED) is 0.825. The summed E-state index contributed by atoms with van der Waals surface area (Å²) in [6.07, 6.45) is 1.24. The Bertz CT molecular complexity index is 632. The minimum Gasteiger partial charge on any atom is -0.350 e. The summed E-state index contributed by atoms with van der Waals surface area (Å²) >= 11 is 0. The first-order chi connectivity index (χ1) is 10.1. The Morgan fingerprint density at radius 1 is 1.05 bits per heavy atom. The number of amides is 2. The SMILES string of the molecule is O=C(CC(=O)Nc1ccccc1F)NCc1ccccn1. The third kappa shape index (κ3) is 4.68. The van der Waals surface area contributed by atoms with Crippen molar-refractivity contribution in [2.24, 2.45) is 0 Å². The van der Waals surface area contributed by atoms with Crippen LogP contribution < -0.4 is 10.6 Å². The number of hydrogen-bond acceptors (Lipinski definition) is 3. The lowest BCUT2D eigenvalue weighted by Crippen LogP contribution is -2.28. The number of aromatic nitrogens is 1. The lowest BCUT2D eigenvalue weighted by molar-refractivity contribution is -0.126. The zero-order valence-electron chi connectivity index (χ0n) is 11.2. The Morgan fingerprint density at radius 2 is 1.81 bits per heavy atom. The summed E-state index contributed by atoms with van der Waals surface area (Å²) in [6, 6.07) is 11.1. The Hall–Kier alpha value is -2.76. The fourth-order valence-corrected chi connectivity index (χ4v) is 1.66. The number of carbonyl (C=O) groups excluding carboxylic acids is 2. The second kappa shape index (κ2) is 7.14. The molecule has 0 spiro atoms. The molecule has 2 rings (SSSR count). The summed E-state index contributed by atoms with van der Waals surface area (Å²) in [6.45, 7) is 0.243. The second-order valence-corrected chi connectivity index (χ2v) is 4.30. The molecular weight excluding hydrogens is 273 g/mol. The molecule has 108 valence electrons. The van der Waals surface area contributed by atoms with Crippen LogP contribution in [-0.2, 0) is 16.1 Å². The highest BCUT2D eigenvalue weighted by molar-refractivity contribution is 6.03. The fourth-order valence-electron chi connectivity index (χ4n) is 1.66. The Balaban J connectivity index is 1.80. The van der Waals surface area contributed by atoms with Crippen LogP contribution in [0.2, 0.25) is 0 Å². The van der Waals surface area contributed by atoms with Gasteiger partial charge in [0.05, 0.1) is 17.9 Å². The molecule has 0 bridgehead atoms. The van der Waals surface area contributed by atoms with Crippen molar-refractivity contribution < 1.29 is 14.0 Å².